The molecule has 0 spiro atoms. The molecule has 0 saturated carbocycles. The smallest absolute Gasteiger partial charge is 0.200 e. The molecule has 2 aromatic carbocycles. The minimum atomic E-state index is -0.576. The van der Waals surface area contributed by atoms with Crippen molar-refractivity contribution in [1.82, 2.24) is 0 Å². The van der Waals surface area contributed by atoms with Crippen LogP contribution in [-0.4, -0.2) is 18.7 Å². The molecule has 4 heteroatoms. The maximum atomic E-state index is 13.2. The first-order valence-corrected chi connectivity index (χ1v) is 6.48. The number of carbonyl (C=O) groups excluding carboxylic acids is 2. The number of Topliss-reactive ketones (excluding diaryl/α,β-unsaturated/α-hetero) is 1. The molecule has 0 bridgehead atoms. The Balaban J connectivity index is 2.08. The zero-order valence-electron chi connectivity index (χ0n) is 11.9. The van der Waals surface area contributed by atoms with Gasteiger partial charge in [-0.1, -0.05) is 12.1 Å². The van der Waals surface area contributed by atoms with E-state index in [0.29, 0.717) is 11.8 Å². The van der Waals surface area contributed by atoms with Crippen LogP contribution in [0.3, 0.4) is 0 Å². The molecule has 0 amide bonds. The average molecular weight is 286 g/mol. The van der Waals surface area contributed by atoms with Gasteiger partial charge in [-0.2, -0.15) is 0 Å². The van der Waals surface area contributed by atoms with E-state index in [1.165, 1.54) is 6.07 Å². The van der Waals surface area contributed by atoms with Gasteiger partial charge in [-0.3, -0.25) is 9.59 Å². The first-order valence-electron chi connectivity index (χ1n) is 6.48. The Labute approximate surface area is 122 Å². The van der Waals surface area contributed by atoms with E-state index in [1.807, 2.05) is 19.9 Å². The van der Waals surface area contributed by atoms with Crippen LogP contribution in [0.25, 0.3) is 0 Å². The van der Waals surface area contributed by atoms with Crippen LogP contribution in [-0.2, 0) is 0 Å². The van der Waals surface area contributed by atoms with Crippen molar-refractivity contribution < 1.29 is 18.7 Å². The highest BCUT2D eigenvalue weighted by Gasteiger charge is 2.09. The number of rotatable bonds is 5. The quantitative estimate of drug-likeness (QED) is 0.624. The van der Waals surface area contributed by atoms with Crippen LogP contribution >= 0.6 is 0 Å². The van der Waals surface area contributed by atoms with E-state index < -0.39 is 5.82 Å². The number of benzene rings is 2. The lowest BCUT2D eigenvalue weighted by Gasteiger charge is -2.08. The van der Waals surface area contributed by atoms with E-state index in [4.69, 9.17) is 4.74 Å². The molecule has 0 heterocycles. The van der Waals surface area contributed by atoms with Gasteiger partial charge in [0.15, 0.2) is 12.4 Å². The van der Waals surface area contributed by atoms with Crippen LogP contribution in [0.1, 0.15) is 31.8 Å². The predicted octanol–water partition coefficient (Wildman–Crippen LogP) is 3.52. The van der Waals surface area contributed by atoms with Crippen molar-refractivity contribution in [2.45, 2.75) is 13.8 Å². The topological polar surface area (TPSA) is 43.4 Å². The maximum absolute atomic E-state index is 13.2. The number of hydrogen-bond acceptors (Lipinski definition) is 3. The highest BCUT2D eigenvalue weighted by Crippen LogP contribution is 2.16. The van der Waals surface area contributed by atoms with Crippen LogP contribution in [0, 0.1) is 19.7 Å². The summed E-state index contributed by atoms with van der Waals surface area (Å²) in [5, 5.41) is 0. The summed E-state index contributed by atoms with van der Waals surface area (Å²) in [4.78, 5) is 22.7. The van der Waals surface area contributed by atoms with Crippen molar-refractivity contribution in [3.05, 3.63) is 64.5 Å². The monoisotopic (exact) mass is 286 g/mol. The molecular formula is C17H15FO3. The second kappa shape index (κ2) is 6.31. The molecule has 0 saturated heterocycles. The van der Waals surface area contributed by atoms with Gasteiger partial charge in [0.2, 0.25) is 0 Å². The fraction of sp³-hybridized carbons (Fsp3) is 0.176. The lowest BCUT2D eigenvalue weighted by Crippen LogP contribution is -2.12. The van der Waals surface area contributed by atoms with Gasteiger partial charge < -0.3 is 4.74 Å². The van der Waals surface area contributed by atoms with Crippen LogP contribution in [0.15, 0.2) is 36.4 Å². The normalized spacial score (nSPS) is 10.2. The maximum Gasteiger partial charge on any atom is 0.200 e. The summed E-state index contributed by atoms with van der Waals surface area (Å²) in [6.07, 6.45) is 0.529. The Morgan fingerprint density at radius 2 is 1.90 bits per heavy atom. The van der Waals surface area contributed by atoms with Crippen LogP contribution in [0.5, 0.6) is 5.75 Å². The summed E-state index contributed by atoms with van der Waals surface area (Å²) in [5.74, 6) is -0.613. The standard InChI is InChI=1S/C17H15FO3/c1-11-3-4-14(5-12(11)2)17(20)10-21-16-7-13(9-19)6-15(18)8-16/h3-9H,10H2,1-2H3. The Bertz CT molecular complexity index is 692. The number of aldehydes is 1. The van der Waals surface area contributed by atoms with Crippen molar-refractivity contribution in [2.75, 3.05) is 6.61 Å². The van der Waals surface area contributed by atoms with Crippen molar-refractivity contribution in [3.8, 4) is 5.75 Å². The molecule has 0 unspecified atom stereocenters. The number of hydrogen-bond donors (Lipinski definition) is 0. The van der Waals surface area contributed by atoms with Gasteiger partial charge in [0, 0.05) is 17.2 Å². The Kier molecular flexibility index (Phi) is 4.48. The number of ether oxygens (including phenoxy) is 1. The summed E-state index contributed by atoms with van der Waals surface area (Å²) in [7, 11) is 0. The van der Waals surface area contributed by atoms with Crippen LogP contribution < -0.4 is 4.74 Å². The summed E-state index contributed by atoms with van der Waals surface area (Å²) in [5.41, 5.74) is 2.84. The Morgan fingerprint density at radius 1 is 1.14 bits per heavy atom. The number of halogens is 1. The zero-order chi connectivity index (χ0) is 15.4. The van der Waals surface area contributed by atoms with E-state index in [0.717, 1.165) is 23.3 Å². The number of aryl methyl sites for hydroxylation is 2. The molecule has 0 aliphatic carbocycles. The lowest BCUT2D eigenvalue weighted by atomic mass is 10.0. The summed E-state index contributed by atoms with van der Waals surface area (Å²) in [6.45, 7) is 3.69. The molecule has 0 N–H and O–H groups in total. The Morgan fingerprint density at radius 3 is 2.57 bits per heavy atom. The van der Waals surface area contributed by atoms with Gasteiger partial charge in [-0.15, -0.1) is 0 Å². The average Bonchev–Trinajstić information content (AvgIpc) is 2.47. The molecule has 0 atom stereocenters. The molecule has 108 valence electrons. The third-order valence-corrected chi connectivity index (χ3v) is 3.23. The Hall–Kier alpha value is -2.49. The van der Waals surface area contributed by atoms with Gasteiger partial charge in [0.1, 0.15) is 17.9 Å². The van der Waals surface area contributed by atoms with E-state index in [2.05, 4.69) is 0 Å². The highest BCUT2D eigenvalue weighted by molar-refractivity contribution is 5.97. The van der Waals surface area contributed by atoms with Gasteiger partial charge in [-0.05, 0) is 43.2 Å². The summed E-state index contributed by atoms with van der Waals surface area (Å²) < 4.78 is 18.5. The van der Waals surface area contributed by atoms with Crippen molar-refractivity contribution in [1.29, 1.82) is 0 Å². The molecule has 21 heavy (non-hydrogen) atoms. The van der Waals surface area contributed by atoms with E-state index in [-0.39, 0.29) is 23.7 Å². The second-order valence-electron chi connectivity index (χ2n) is 4.85. The zero-order valence-corrected chi connectivity index (χ0v) is 11.9. The first-order chi connectivity index (χ1) is 9.99. The van der Waals surface area contributed by atoms with Crippen LogP contribution in [0.4, 0.5) is 4.39 Å². The summed E-state index contributed by atoms with van der Waals surface area (Å²) >= 11 is 0. The van der Waals surface area contributed by atoms with Gasteiger partial charge in [-0.25, -0.2) is 4.39 Å². The third kappa shape index (κ3) is 3.75. The number of ketones is 1. The molecule has 0 fully saturated rings. The molecule has 0 radical (unpaired) electrons. The second-order valence-corrected chi connectivity index (χ2v) is 4.85. The number of carbonyl (C=O) groups is 2. The van der Waals surface area contributed by atoms with Crippen molar-refractivity contribution in [3.63, 3.8) is 0 Å². The molecule has 2 aromatic rings. The molecule has 0 aliphatic heterocycles. The van der Waals surface area contributed by atoms with Crippen LogP contribution in [0.2, 0.25) is 0 Å². The van der Waals surface area contributed by atoms with Gasteiger partial charge >= 0.3 is 0 Å². The van der Waals surface area contributed by atoms with E-state index in [9.17, 15) is 14.0 Å². The minimum absolute atomic E-state index is 0.161. The molecule has 2 rings (SSSR count). The molecular weight excluding hydrogens is 271 g/mol. The first kappa shape index (κ1) is 14.9. The molecule has 0 aromatic heterocycles. The van der Waals surface area contributed by atoms with Crippen molar-refractivity contribution >= 4 is 12.1 Å². The lowest BCUT2D eigenvalue weighted by molar-refractivity contribution is 0.0921. The molecule has 3 nitrogen and oxygen atoms in total. The third-order valence-electron chi connectivity index (χ3n) is 3.23. The van der Waals surface area contributed by atoms with Gasteiger partial charge in [0.25, 0.3) is 0 Å². The highest BCUT2D eigenvalue weighted by atomic mass is 19.1. The predicted molar refractivity (Wildman–Crippen MR) is 77.5 cm³/mol. The van der Waals surface area contributed by atoms with Gasteiger partial charge in [0.05, 0.1) is 0 Å². The van der Waals surface area contributed by atoms with E-state index >= 15 is 0 Å². The minimum Gasteiger partial charge on any atom is -0.485 e. The van der Waals surface area contributed by atoms with E-state index in [1.54, 1.807) is 12.1 Å². The fourth-order valence-electron chi connectivity index (χ4n) is 1.88. The SMILES string of the molecule is Cc1ccc(C(=O)COc2cc(F)cc(C=O)c2)cc1C. The summed E-state index contributed by atoms with van der Waals surface area (Å²) in [6, 6.07) is 9.03. The van der Waals surface area contributed by atoms with Crippen molar-refractivity contribution in [2.24, 2.45) is 0 Å². The largest absolute Gasteiger partial charge is 0.485 e. The molecule has 0 aliphatic rings. The fourth-order valence-corrected chi connectivity index (χ4v) is 1.88.